The third kappa shape index (κ3) is 3.36. The number of rotatable bonds is 3. The van der Waals surface area contributed by atoms with Crippen molar-refractivity contribution >= 4 is 26.8 Å². The zero-order valence-corrected chi connectivity index (χ0v) is 17.3. The summed E-state index contributed by atoms with van der Waals surface area (Å²) in [5.41, 5.74) is -1.32. The van der Waals surface area contributed by atoms with Crippen molar-refractivity contribution < 1.29 is 17.9 Å². The molecule has 0 saturated heterocycles. The van der Waals surface area contributed by atoms with Crippen LogP contribution in [-0.2, 0) is 6.18 Å². The van der Waals surface area contributed by atoms with E-state index in [1.807, 2.05) is 0 Å². The van der Waals surface area contributed by atoms with E-state index in [1.54, 1.807) is 36.4 Å². The van der Waals surface area contributed by atoms with Gasteiger partial charge in [-0.3, -0.25) is 4.79 Å². The predicted molar refractivity (Wildman–Crippen MR) is 108 cm³/mol. The summed E-state index contributed by atoms with van der Waals surface area (Å²) in [6, 6.07) is 12.9. The van der Waals surface area contributed by atoms with Crippen molar-refractivity contribution in [1.29, 1.82) is 0 Å². The molecule has 0 amide bonds. The van der Waals surface area contributed by atoms with Crippen LogP contribution in [-0.4, -0.2) is 26.7 Å². The van der Waals surface area contributed by atoms with Crippen molar-refractivity contribution in [1.82, 2.24) is 19.6 Å². The molecule has 30 heavy (non-hydrogen) atoms. The molecular formula is C20H14BrF3N4O2. The smallest absolute Gasteiger partial charge is 0.435 e. The molecule has 0 atom stereocenters. The molecule has 0 fully saturated rings. The van der Waals surface area contributed by atoms with Gasteiger partial charge in [0, 0.05) is 4.47 Å². The number of aromatic nitrogens is 4. The molecule has 2 aromatic carbocycles. The molecule has 0 N–H and O–H groups in total. The van der Waals surface area contributed by atoms with E-state index in [9.17, 15) is 18.0 Å². The van der Waals surface area contributed by atoms with Crippen LogP contribution in [0.25, 0.3) is 22.3 Å². The van der Waals surface area contributed by atoms with Crippen LogP contribution < -0.4 is 10.3 Å². The molecule has 4 rings (SSSR count). The van der Waals surface area contributed by atoms with E-state index in [0.29, 0.717) is 17.1 Å². The lowest BCUT2D eigenvalue weighted by Gasteiger charge is -2.09. The highest BCUT2D eigenvalue weighted by atomic mass is 79.9. The Morgan fingerprint density at radius 2 is 1.50 bits per heavy atom. The molecule has 6 nitrogen and oxygen atoms in total. The first-order valence-electron chi connectivity index (χ1n) is 8.71. The summed E-state index contributed by atoms with van der Waals surface area (Å²) in [6.07, 6.45) is -4.75. The van der Waals surface area contributed by atoms with Crippen LogP contribution >= 0.6 is 15.9 Å². The Kier molecular flexibility index (Phi) is 4.89. The first-order valence-corrected chi connectivity index (χ1v) is 9.50. The fourth-order valence-corrected chi connectivity index (χ4v) is 3.43. The fraction of sp³-hybridized carbons (Fsp3) is 0.150. The number of hydrogen-bond acceptors (Lipinski definition) is 4. The first-order chi connectivity index (χ1) is 14.2. The van der Waals surface area contributed by atoms with Gasteiger partial charge in [0.05, 0.1) is 29.6 Å². The number of nitrogens with zero attached hydrogens (tertiary/aromatic N) is 4. The van der Waals surface area contributed by atoms with Gasteiger partial charge in [0.1, 0.15) is 11.3 Å². The van der Waals surface area contributed by atoms with Gasteiger partial charge in [-0.25, -0.2) is 4.68 Å². The van der Waals surface area contributed by atoms with E-state index < -0.39 is 17.4 Å². The van der Waals surface area contributed by atoms with Gasteiger partial charge < -0.3 is 4.74 Å². The molecule has 0 bridgehead atoms. The summed E-state index contributed by atoms with van der Waals surface area (Å²) in [5.74, 6) is 0.524. The van der Waals surface area contributed by atoms with Crippen molar-refractivity contribution in [2.45, 2.75) is 13.1 Å². The molecule has 10 heteroatoms. The Bertz CT molecular complexity index is 1290. The van der Waals surface area contributed by atoms with Gasteiger partial charge >= 0.3 is 6.18 Å². The van der Waals surface area contributed by atoms with Crippen molar-refractivity contribution in [3.63, 3.8) is 0 Å². The lowest BCUT2D eigenvalue weighted by Crippen LogP contribution is -2.24. The summed E-state index contributed by atoms with van der Waals surface area (Å²) in [6.45, 7) is 1.42. The number of hydrogen-bond donors (Lipinski definition) is 0. The van der Waals surface area contributed by atoms with E-state index in [0.717, 1.165) is 13.8 Å². The lowest BCUT2D eigenvalue weighted by atomic mass is 10.2. The molecule has 2 heterocycles. The Labute approximate surface area is 176 Å². The fourth-order valence-electron chi connectivity index (χ4n) is 3.17. The standard InChI is InChI=1S/C20H14BrF3N4O2/c1-11-16-17(19(29)28(25-11)14-5-3-12(21)4-6-14)27(26-18(16)20(22,23)24)13-7-9-15(30-2)10-8-13/h3-10H,1-2H3. The van der Waals surface area contributed by atoms with Gasteiger partial charge in [0.25, 0.3) is 5.56 Å². The Morgan fingerprint density at radius 1 is 0.933 bits per heavy atom. The number of alkyl halides is 3. The summed E-state index contributed by atoms with van der Waals surface area (Å²) < 4.78 is 49.1. The van der Waals surface area contributed by atoms with Gasteiger partial charge in [-0.15, -0.1) is 0 Å². The summed E-state index contributed by atoms with van der Waals surface area (Å²) in [7, 11) is 1.48. The maximum atomic E-state index is 13.7. The predicted octanol–water partition coefficient (Wildman–Crippen LogP) is 4.67. The highest BCUT2D eigenvalue weighted by molar-refractivity contribution is 9.10. The quantitative estimate of drug-likeness (QED) is 0.429. The average molecular weight is 479 g/mol. The van der Waals surface area contributed by atoms with Crippen LogP contribution in [0.3, 0.4) is 0 Å². The summed E-state index contributed by atoms with van der Waals surface area (Å²) in [4.78, 5) is 13.3. The topological polar surface area (TPSA) is 61.9 Å². The molecular weight excluding hydrogens is 465 g/mol. The monoisotopic (exact) mass is 478 g/mol. The molecule has 0 aliphatic carbocycles. The zero-order valence-electron chi connectivity index (χ0n) is 15.7. The van der Waals surface area contributed by atoms with Crippen molar-refractivity contribution in [2.75, 3.05) is 7.11 Å². The molecule has 0 spiro atoms. The van der Waals surface area contributed by atoms with Gasteiger partial charge in [-0.05, 0) is 55.5 Å². The number of aryl methyl sites for hydroxylation is 1. The minimum absolute atomic E-state index is 0.0413. The minimum Gasteiger partial charge on any atom is -0.497 e. The Balaban J connectivity index is 2.08. The maximum absolute atomic E-state index is 13.7. The minimum atomic E-state index is -4.75. The van der Waals surface area contributed by atoms with Crippen LogP contribution in [0.2, 0.25) is 0 Å². The first kappa shape index (κ1) is 20.1. The van der Waals surface area contributed by atoms with Crippen LogP contribution in [0.15, 0.2) is 57.8 Å². The van der Waals surface area contributed by atoms with Crippen LogP contribution in [0, 0.1) is 6.92 Å². The third-order valence-electron chi connectivity index (χ3n) is 4.55. The Morgan fingerprint density at radius 3 is 2.07 bits per heavy atom. The van der Waals surface area contributed by atoms with E-state index in [2.05, 4.69) is 26.1 Å². The number of methoxy groups -OCH3 is 1. The highest BCUT2D eigenvalue weighted by Gasteiger charge is 2.39. The number of fused-ring (bicyclic) bond motifs is 1. The third-order valence-corrected chi connectivity index (χ3v) is 5.08. The molecule has 0 aliphatic rings. The second-order valence-electron chi connectivity index (χ2n) is 6.46. The lowest BCUT2D eigenvalue weighted by molar-refractivity contribution is -0.140. The number of halogens is 4. The van der Waals surface area contributed by atoms with Crippen LogP contribution in [0.4, 0.5) is 13.2 Å². The SMILES string of the molecule is COc1ccc(-n2nc(C(F)(F)F)c3c(C)nn(-c4ccc(Br)cc4)c(=O)c32)cc1. The van der Waals surface area contributed by atoms with Crippen molar-refractivity contribution in [2.24, 2.45) is 0 Å². The van der Waals surface area contributed by atoms with Gasteiger partial charge in [-0.1, -0.05) is 15.9 Å². The normalized spacial score (nSPS) is 11.8. The summed E-state index contributed by atoms with van der Waals surface area (Å²) >= 11 is 3.31. The van der Waals surface area contributed by atoms with Gasteiger partial charge in [-0.2, -0.15) is 28.1 Å². The average Bonchev–Trinajstić information content (AvgIpc) is 3.14. The maximum Gasteiger partial charge on any atom is 0.435 e. The zero-order chi connectivity index (χ0) is 21.6. The van der Waals surface area contributed by atoms with Crippen molar-refractivity contribution in [3.8, 4) is 17.1 Å². The largest absolute Gasteiger partial charge is 0.497 e. The van der Waals surface area contributed by atoms with E-state index >= 15 is 0 Å². The van der Waals surface area contributed by atoms with Crippen LogP contribution in [0.5, 0.6) is 5.75 Å². The molecule has 4 aromatic rings. The molecule has 0 unspecified atom stereocenters. The van der Waals surface area contributed by atoms with Gasteiger partial charge in [0.2, 0.25) is 0 Å². The highest BCUT2D eigenvalue weighted by Crippen LogP contribution is 2.35. The van der Waals surface area contributed by atoms with Crippen LogP contribution in [0.1, 0.15) is 11.4 Å². The summed E-state index contributed by atoms with van der Waals surface area (Å²) in [5, 5.41) is 7.55. The number of benzene rings is 2. The van der Waals surface area contributed by atoms with Crippen molar-refractivity contribution in [3.05, 3.63) is 74.7 Å². The molecule has 154 valence electrons. The van der Waals surface area contributed by atoms with E-state index in [1.165, 1.54) is 26.2 Å². The molecule has 0 aliphatic heterocycles. The molecule has 2 aromatic heterocycles. The second kappa shape index (κ2) is 7.28. The second-order valence-corrected chi connectivity index (χ2v) is 7.37. The molecule has 0 saturated carbocycles. The van der Waals surface area contributed by atoms with E-state index in [4.69, 9.17) is 4.74 Å². The number of ether oxygens (including phenoxy) is 1. The Hall–Kier alpha value is -3.14. The van der Waals surface area contributed by atoms with E-state index in [-0.39, 0.29) is 16.6 Å². The van der Waals surface area contributed by atoms with Gasteiger partial charge in [0.15, 0.2) is 5.69 Å². The molecule has 0 radical (unpaired) electrons.